The first kappa shape index (κ1) is 16.3. The number of hydrogen-bond donors (Lipinski definition) is 1. The first-order chi connectivity index (χ1) is 9.95. The van der Waals surface area contributed by atoms with Crippen LogP contribution < -0.4 is 5.32 Å². The Labute approximate surface area is 124 Å². The van der Waals surface area contributed by atoms with Crippen molar-refractivity contribution >= 4 is 0 Å². The van der Waals surface area contributed by atoms with E-state index in [9.17, 15) is 13.2 Å². The molecular weight excluding hydrogens is 275 g/mol. The van der Waals surface area contributed by atoms with Crippen molar-refractivity contribution in [3.8, 4) is 0 Å². The van der Waals surface area contributed by atoms with Gasteiger partial charge in [-0.3, -0.25) is 0 Å². The lowest BCUT2D eigenvalue weighted by atomic mass is 9.75. The number of nitrogens with one attached hydrogen (secondary N) is 1. The summed E-state index contributed by atoms with van der Waals surface area (Å²) in [6.07, 6.45) is -1.05. The first-order valence-corrected chi connectivity index (χ1v) is 7.78. The molecule has 0 amide bonds. The van der Waals surface area contributed by atoms with Crippen LogP contribution in [-0.2, 0) is 6.42 Å². The molecule has 0 radical (unpaired) electrons. The molecule has 1 N–H and O–H groups in total. The maximum absolute atomic E-state index is 13.0. The summed E-state index contributed by atoms with van der Waals surface area (Å²) < 4.78 is 38.9. The Morgan fingerprint density at radius 1 is 1.29 bits per heavy atom. The summed E-state index contributed by atoms with van der Waals surface area (Å²) in [5, 5.41) is 3.24. The van der Waals surface area contributed by atoms with Crippen LogP contribution in [0.4, 0.5) is 13.2 Å². The smallest absolute Gasteiger partial charge is 0.313 e. The van der Waals surface area contributed by atoms with E-state index in [2.05, 4.69) is 24.4 Å². The molecule has 21 heavy (non-hydrogen) atoms. The second kappa shape index (κ2) is 6.82. The maximum Gasteiger partial charge on any atom is 0.391 e. The van der Waals surface area contributed by atoms with Gasteiger partial charge in [0.25, 0.3) is 0 Å². The van der Waals surface area contributed by atoms with E-state index >= 15 is 0 Å². The molecule has 0 bridgehead atoms. The molecule has 1 nitrogen and oxygen atoms in total. The Hall–Kier alpha value is -1.03. The molecule has 0 heterocycles. The van der Waals surface area contributed by atoms with Crippen LogP contribution in [0, 0.1) is 11.8 Å². The van der Waals surface area contributed by atoms with E-state index in [1.54, 1.807) is 0 Å². The van der Waals surface area contributed by atoms with Crippen LogP contribution >= 0.6 is 0 Å². The molecular formula is C17H24F3N. The Morgan fingerprint density at radius 3 is 2.67 bits per heavy atom. The average Bonchev–Trinajstić information content (AvgIpc) is 2.48. The second-order valence-corrected chi connectivity index (χ2v) is 6.03. The van der Waals surface area contributed by atoms with Crippen LogP contribution in [0.1, 0.15) is 49.8 Å². The number of aryl methyl sites for hydroxylation is 1. The molecule has 1 aliphatic carbocycles. The first-order valence-electron chi connectivity index (χ1n) is 7.78. The minimum atomic E-state index is -4.05. The van der Waals surface area contributed by atoms with E-state index in [0.29, 0.717) is 6.42 Å². The molecule has 2 rings (SSSR count). The summed E-state index contributed by atoms with van der Waals surface area (Å²) in [7, 11) is 1.85. The van der Waals surface area contributed by atoms with Crippen LogP contribution in [0.15, 0.2) is 24.3 Å². The highest BCUT2D eigenvalue weighted by molar-refractivity contribution is 5.26. The molecule has 4 heteroatoms. The lowest BCUT2D eigenvalue weighted by molar-refractivity contribution is -0.186. The molecule has 1 aromatic carbocycles. The minimum Gasteiger partial charge on any atom is -0.313 e. The predicted molar refractivity (Wildman–Crippen MR) is 79.1 cm³/mol. The number of halogens is 3. The zero-order valence-electron chi connectivity index (χ0n) is 12.7. The number of hydrogen-bond acceptors (Lipinski definition) is 1. The molecule has 3 atom stereocenters. The predicted octanol–water partition coefficient (Wildman–Crippen LogP) is 4.88. The van der Waals surface area contributed by atoms with Crippen LogP contribution in [-0.4, -0.2) is 13.2 Å². The Morgan fingerprint density at radius 2 is 2.05 bits per heavy atom. The number of rotatable bonds is 4. The van der Waals surface area contributed by atoms with E-state index in [0.717, 1.165) is 18.4 Å². The quantitative estimate of drug-likeness (QED) is 0.835. The van der Waals surface area contributed by atoms with Crippen LogP contribution in [0.25, 0.3) is 0 Å². The van der Waals surface area contributed by atoms with Crippen LogP contribution in [0.2, 0.25) is 0 Å². The Balaban J connectivity index is 2.16. The fourth-order valence-electron chi connectivity index (χ4n) is 3.51. The molecule has 0 aromatic heterocycles. The highest BCUT2D eigenvalue weighted by Gasteiger charge is 2.43. The SMILES string of the molecule is CCc1cccc(C(NC)C2CCCC(C(F)(F)F)C2)c1. The van der Waals surface area contributed by atoms with Gasteiger partial charge in [-0.2, -0.15) is 13.2 Å². The summed E-state index contributed by atoms with van der Waals surface area (Å²) in [5.74, 6) is -1.08. The monoisotopic (exact) mass is 299 g/mol. The van der Waals surface area contributed by atoms with Gasteiger partial charge in [-0.1, -0.05) is 37.6 Å². The normalized spacial score (nSPS) is 24.8. The van der Waals surface area contributed by atoms with Gasteiger partial charge in [0.05, 0.1) is 5.92 Å². The standard InChI is InChI=1S/C17H24F3N/c1-3-12-6-4-7-13(10-12)16(21-2)14-8-5-9-15(11-14)17(18,19)20/h4,6-7,10,14-16,21H,3,5,8-9,11H2,1-2H3. The van der Waals surface area contributed by atoms with Crippen molar-refractivity contribution in [2.24, 2.45) is 11.8 Å². The zero-order valence-corrected chi connectivity index (χ0v) is 12.7. The van der Waals surface area contributed by atoms with E-state index in [1.165, 1.54) is 5.56 Å². The molecule has 0 spiro atoms. The van der Waals surface area contributed by atoms with Crippen molar-refractivity contribution in [2.75, 3.05) is 7.05 Å². The molecule has 0 saturated heterocycles. The highest BCUT2D eigenvalue weighted by atomic mass is 19.4. The molecule has 1 aromatic rings. The fourth-order valence-corrected chi connectivity index (χ4v) is 3.51. The largest absolute Gasteiger partial charge is 0.391 e. The van der Waals surface area contributed by atoms with Crippen molar-refractivity contribution in [3.63, 3.8) is 0 Å². The van der Waals surface area contributed by atoms with Crippen LogP contribution in [0.3, 0.4) is 0 Å². The van der Waals surface area contributed by atoms with Crippen molar-refractivity contribution in [1.82, 2.24) is 5.32 Å². The van der Waals surface area contributed by atoms with Crippen molar-refractivity contribution in [3.05, 3.63) is 35.4 Å². The van der Waals surface area contributed by atoms with Gasteiger partial charge >= 0.3 is 6.18 Å². The Bertz CT molecular complexity index is 456. The molecule has 1 aliphatic rings. The van der Waals surface area contributed by atoms with Gasteiger partial charge in [0, 0.05) is 6.04 Å². The molecule has 0 aliphatic heterocycles. The fraction of sp³-hybridized carbons (Fsp3) is 0.647. The van der Waals surface area contributed by atoms with Gasteiger partial charge in [-0.05, 0) is 49.8 Å². The Kier molecular flexibility index (Phi) is 5.31. The van der Waals surface area contributed by atoms with Crippen molar-refractivity contribution < 1.29 is 13.2 Å². The lowest BCUT2D eigenvalue weighted by Crippen LogP contribution is -2.34. The summed E-state index contributed by atoms with van der Waals surface area (Å²) >= 11 is 0. The van der Waals surface area contributed by atoms with E-state index in [4.69, 9.17) is 0 Å². The van der Waals surface area contributed by atoms with Crippen LogP contribution in [0.5, 0.6) is 0 Å². The van der Waals surface area contributed by atoms with Crippen molar-refractivity contribution in [1.29, 1.82) is 0 Å². The summed E-state index contributed by atoms with van der Waals surface area (Å²) in [6.45, 7) is 2.09. The van der Waals surface area contributed by atoms with E-state index < -0.39 is 12.1 Å². The number of benzene rings is 1. The molecule has 1 fully saturated rings. The topological polar surface area (TPSA) is 12.0 Å². The summed E-state index contributed by atoms with van der Waals surface area (Å²) in [6, 6.07) is 8.23. The molecule has 3 unspecified atom stereocenters. The summed E-state index contributed by atoms with van der Waals surface area (Å²) in [4.78, 5) is 0. The van der Waals surface area contributed by atoms with Gasteiger partial charge in [0.15, 0.2) is 0 Å². The third kappa shape index (κ3) is 4.00. The molecule has 118 valence electrons. The van der Waals surface area contributed by atoms with Gasteiger partial charge in [-0.15, -0.1) is 0 Å². The third-order valence-corrected chi connectivity index (χ3v) is 4.68. The van der Waals surface area contributed by atoms with Crippen molar-refractivity contribution in [2.45, 2.75) is 51.2 Å². The van der Waals surface area contributed by atoms with Gasteiger partial charge in [0.1, 0.15) is 0 Å². The minimum absolute atomic E-state index is 0.0154. The van der Waals surface area contributed by atoms with Gasteiger partial charge in [0.2, 0.25) is 0 Å². The van der Waals surface area contributed by atoms with Gasteiger partial charge in [-0.25, -0.2) is 0 Å². The van der Waals surface area contributed by atoms with Gasteiger partial charge < -0.3 is 5.32 Å². The number of alkyl halides is 3. The average molecular weight is 299 g/mol. The zero-order chi connectivity index (χ0) is 15.5. The van der Waals surface area contributed by atoms with E-state index in [1.807, 2.05) is 19.2 Å². The summed E-state index contributed by atoms with van der Waals surface area (Å²) in [5.41, 5.74) is 2.35. The molecule has 1 saturated carbocycles. The highest BCUT2D eigenvalue weighted by Crippen LogP contribution is 2.43. The maximum atomic E-state index is 13.0. The third-order valence-electron chi connectivity index (χ3n) is 4.68. The second-order valence-electron chi connectivity index (χ2n) is 6.03. The van der Waals surface area contributed by atoms with E-state index in [-0.39, 0.29) is 24.8 Å². The lowest BCUT2D eigenvalue weighted by Gasteiger charge is -2.35.